The molecule has 2 aromatic rings. The standard InChI is InChI=1S/C17H22N4O2S/c22-16(18-13-6-3-1-2-4-7-13)12-24-17-19-15(20-21-17)10-9-14-8-5-11-23-14/h5,8-11,13H,1-4,6-7,12H2,(H,18,22)(H,19,20,21). The second-order valence-corrected chi connectivity index (χ2v) is 6.84. The average Bonchev–Trinajstić information content (AvgIpc) is 3.19. The van der Waals surface area contributed by atoms with E-state index in [-0.39, 0.29) is 5.91 Å². The number of aromatic amines is 1. The summed E-state index contributed by atoms with van der Waals surface area (Å²) in [6.45, 7) is 0. The number of H-pyrrole nitrogens is 1. The number of nitrogens with zero attached hydrogens (tertiary/aromatic N) is 2. The third-order valence-electron chi connectivity index (χ3n) is 3.98. The normalized spacial score (nSPS) is 16.3. The predicted molar refractivity (Wildman–Crippen MR) is 94.4 cm³/mol. The van der Waals surface area contributed by atoms with Crippen molar-refractivity contribution in [1.82, 2.24) is 20.5 Å². The van der Waals surface area contributed by atoms with Gasteiger partial charge in [0.25, 0.3) is 0 Å². The molecule has 1 aliphatic carbocycles. The van der Waals surface area contributed by atoms with Crippen LogP contribution in [-0.4, -0.2) is 32.9 Å². The van der Waals surface area contributed by atoms with E-state index in [2.05, 4.69) is 20.5 Å². The second kappa shape index (κ2) is 8.73. The SMILES string of the molecule is O=C(CSc1n[nH]c(C=Cc2ccco2)n1)NC1CCCCCC1. The number of carbonyl (C=O) groups excluding carboxylic acids is 1. The number of thioether (sulfide) groups is 1. The van der Waals surface area contributed by atoms with E-state index in [1.807, 2.05) is 18.2 Å². The zero-order chi connectivity index (χ0) is 16.6. The monoisotopic (exact) mass is 346 g/mol. The van der Waals surface area contributed by atoms with E-state index in [0.29, 0.717) is 22.8 Å². The Labute approximate surface area is 145 Å². The van der Waals surface area contributed by atoms with Crippen molar-refractivity contribution in [2.75, 3.05) is 5.75 Å². The molecule has 1 aliphatic rings. The second-order valence-electron chi connectivity index (χ2n) is 5.90. The Morgan fingerprint density at radius 3 is 2.92 bits per heavy atom. The lowest BCUT2D eigenvalue weighted by molar-refractivity contribution is -0.119. The lowest BCUT2D eigenvalue weighted by Gasteiger charge is -2.15. The summed E-state index contributed by atoms with van der Waals surface area (Å²) in [5.41, 5.74) is 0. The molecule has 2 heterocycles. The third kappa shape index (κ3) is 5.26. The highest BCUT2D eigenvalue weighted by Crippen LogP contribution is 2.18. The Morgan fingerprint density at radius 2 is 2.17 bits per heavy atom. The van der Waals surface area contributed by atoms with Crippen LogP contribution in [0.15, 0.2) is 28.0 Å². The van der Waals surface area contributed by atoms with Crippen molar-refractivity contribution in [2.24, 2.45) is 0 Å². The van der Waals surface area contributed by atoms with Crippen LogP contribution in [0.4, 0.5) is 0 Å². The lowest BCUT2D eigenvalue weighted by Crippen LogP contribution is -2.35. The summed E-state index contributed by atoms with van der Waals surface area (Å²) < 4.78 is 5.22. The van der Waals surface area contributed by atoms with Gasteiger partial charge in [0.2, 0.25) is 11.1 Å². The molecule has 24 heavy (non-hydrogen) atoms. The number of hydrogen-bond acceptors (Lipinski definition) is 5. The van der Waals surface area contributed by atoms with Gasteiger partial charge in [0.05, 0.1) is 12.0 Å². The van der Waals surface area contributed by atoms with Crippen LogP contribution in [-0.2, 0) is 4.79 Å². The van der Waals surface area contributed by atoms with E-state index in [0.717, 1.165) is 18.6 Å². The number of nitrogens with one attached hydrogen (secondary N) is 2. The Kier molecular flexibility index (Phi) is 6.12. The first-order valence-corrected chi connectivity index (χ1v) is 9.34. The molecule has 2 aromatic heterocycles. The smallest absolute Gasteiger partial charge is 0.230 e. The van der Waals surface area contributed by atoms with Gasteiger partial charge in [-0.05, 0) is 37.1 Å². The van der Waals surface area contributed by atoms with Crippen LogP contribution < -0.4 is 5.32 Å². The first kappa shape index (κ1) is 16.8. The van der Waals surface area contributed by atoms with Crippen molar-refractivity contribution in [2.45, 2.75) is 49.7 Å². The molecule has 1 saturated carbocycles. The highest BCUT2D eigenvalue weighted by molar-refractivity contribution is 7.99. The third-order valence-corrected chi connectivity index (χ3v) is 4.83. The van der Waals surface area contributed by atoms with Crippen molar-refractivity contribution in [3.63, 3.8) is 0 Å². The molecule has 6 nitrogen and oxygen atoms in total. The van der Waals surface area contributed by atoms with Crippen molar-refractivity contribution in [1.29, 1.82) is 0 Å². The molecule has 7 heteroatoms. The summed E-state index contributed by atoms with van der Waals surface area (Å²) in [7, 11) is 0. The molecule has 0 saturated heterocycles. The topological polar surface area (TPSA) is 83.8 Å². The summed E-state index contributed by atoms with van der Waals surface area (Å²) in [5, 5.41) is 10.7. The minimum Gasteiger partial charge on any atom is -0.465 e. The molecule has 0 unspecified atom stereocenters. The Balaban J connectivity index is 1.43. The average molecular weight is 346 g/mol. The first-order valence-electron chi connectivity index (χ1n) is 8.36. The Bertz CT molecular complexity index is 658. The molecule has 0 aromatic carbocycles. The number of furan rings is 1. The minimum absolute atomic E-state index is 0.0596. The predicted octanol–water partition coefficient (Wildman–Crippen LogP) is 3.50. The fraction of sp³-hybridized carbons (Fsp3) is 0.471. The van der Waals surface area contributed by atoms with E-state index in [1.54, 1.807) is 12.3 Å². The molecule has 0 aliphatic heterocycles. The molecule has 2 N–H and O–H groups in total. The van der Waals surface area contributed by atoms with Gasteiger partial charge in [-0.2, -0.15) is 0 Å². The van der Waals surface area contributed by atoms with Gasteiger partial charge in [-0.3, -0.25) is 9.89 Å². The summed E-state index contributed by atoms with van der Waals surface area (Å²) in [4.78, 5) is 16.4. The highest BCUT2D eigenvalue weighted by atomic mass is 32.2. The maximum absolute atomic E-state index is 12.1. The molecule has 1 fully saturated rings. The van der Waals surface area contributed by atoms with Gasteiger partial charge < -0.3 is 9.73 Å². The minimum atomic E-state index is 0.0596. The molecule has 128 valence electrons. The zero-order valence-corrected chi connectivity index (χ0v) is 14.3. The lowest BCUT2D eigenvalue weighted by atomic mass is 10.1. The van der Waals surface area contributed by atoms with Crippen molar-refractivity contribution >= 4 is 29.8 Å². The fourth-order valence-electron chi connectivity index (χ4n) is 2.77. The van der Waals surface area contributed by atoms with Gasteiger partial charge >= 0.3 is 0 Å². The van der Waals surface area contributed by atoms with E-state index >= 15 is 0 Å². The summed E-state index contributed by atoms with van der Waals surface area (Å²) in [5.74, 6) is 1.79. The van der Waals surface area contributed by atoms with E-state index in [1.165, 1.54) is 37.4 Å². The molecule has 0 spiro atoms. The van der Waals surface area contributed by atoms with E-state index < -0.39 is 0 Å². The number of rotatable bonds is 6. The number of hydrogen-bond donors (Lipinski definition) is 2. The van der Waals surface area contributed by atoms with Gasteiger partial charge in [0, 0.05) is 6.04 Å². The molecular weight excluding hydrogens is 324 g/mol. The van der Waals surface area contributed by atoms with Crippen molar-refractivity contribution in [3.05, 3.63) is 30.0 Å². The molecule has 0 radical (unpaired) electrons. The van der Waals surface area contributed by atoms with Gasteiger partial charge in [0.1, 0.15) is 11.6 Å². The van der Waals surface area contributed by atoms with Crippen LogP contribution in [0, 0.1) is 0 Å². The van der Waals surface area contributed by atoms with Gasteiger partial charge in [-0.15, -0.1) is 5.10 Å². The van der Waals surface area contributed by atoms with Crippen molar-refractivity contribution < 1.29 is 9.21 Å². The van der Waals surface area contributed by atoms with Gasteiger partial charge in [-0.25, -0.2) is 4.98 Å². The van der Waals surface area contributed by atoms with Crippen LogP contribution in [0.5, 0.6) is 0 Å². The van der Waals surface area contributed by atoms with Gasteiger partial charge in [0.15, 0.2) is 0 Å². The molecule has 0 bridgehead atoms. The van der Waals surface area contributed by atoms with Crippen molar-refractivity contribution in [3.8, 4) is 0 Å². The van der Waals surface area contributed by atoms with Crippen LogP contribution in [0.2, 0.25) is 0 Å². The van der Waals surface area contributed by atoms with Crippen LogP contribution >= 0.6 is 11.8 Å². The molecular formula is C17H22N4O2S. The van der Waals surface area contributed by atoms with Crippen LogP contribution in [0.1, 0.15) is 50.1 Å². The maximum Gasteiger partial charge on any atom is 0.230 e. The van der Waals surface area contributed by atoms with E-state index in [4.69, 9.17) is 4.42 Å². The Morgan fingerprint density at radius 1 is 1.33 bits per heavy atom. The Hall–Kier alpha value is -2.02. The number of aromatic nitrogens is 3. The quantitative estimate of drug-likeness (QED) is 0.618. The molecule has 0 atom stereocenters. The largest absolute Gasteiger partial charge is 0.465 e. The number of carbonyl (C=O) groups is 1. The summed E-state index contributed by atoms with van der Waals surface area (Å²) in [6, 6.07) is 4.02. The first-order chi connectivity index (χ1) is 11.8. The van der Waals surface area contributed by atoms with Crippen LogP contribution in [0.25, 0.3) is 12.2 Å². The summed E-state index contributed by atoms with van der Waals surface area (Å²) >= 11 is 1.34. The molecule has 1 amide bonds. The van der Waals surface area contributed by atoms with Gasteiger partial charge in [-0.1, -0.05) is 37.4 Å². The maximum atomic E-state index is 12.1. The van der Waals surface area contributed by atoms with E-state index in [9.17, 15) is 4.79 Å². The fourth-order valence-corrected chi connectivity index (χ4v) is 3.38. The van der Waals surface area contributed by atoms with Crippen LogP contribution in [0.3, 0.4) is 0 Å². The zero-order valence-electron chi connectivity index (χ0n) is 13.5. The summed E-state index contributed by atoms with van der Waals surface area (Å²) in [6.07, 6.45) is 12.4. The molecule has 3 rings (SSSR count). The number of amides is 1. The highest BCUT2D eigenvalue weighted by Gasteiger charge is 2.15.